The number of hydrogen-bond donors (Lipinski definition) is 1. The van der Waals surface area contributed by atoms with E-state index in [9.17, 15) is 14.4 Å². The van der Waals surface area contributed by atoms with Gasteiger partial charge in [0.05, 0.1) is 0 Å². The molecule has 3 fully saturated rings. The van der Waals surface area contributed by atoms with Crippen LogP contribution in [0.4, 0.5) is 4.79 Å². The molecule has 1 saturated carbocycles. The predicted molar refractivity (Wildman–Crippen MR) is 99.4 cm³/mol. The molecule has 2 heterocycles. The summed E-state index contributed by atoms with van der Waals surface area (Å²) in [7, 11) is 0. The van der Waals surface area contributed by atoms with Crippen molar-refractivity contribution in [2.45, 2.75) is 84.2 Å². The van der Waals surface area contributed by atoms with Gasteiger partial charge in [0.15, 0.2) is 0 Å². The molecule has 0 aromatic rings. The van der Waals surface area contributed by atoms with Gasteiger partial charge in [-0.05, 0) is 43.4 Å². The molecule has 146 valence electrons. The number of likely N-dealkylation sites (tertiary alicyclic amines) is 1. The van der Waals surface area contributed by atoms with E-state index < -0.39 is 11.6 Å². The van der Waals surface area contributed by atoms with Gasteiger partial charge in [-0.25, -0.2) is 4.79 Å². The summed E-state index contributed by atoms with van der Waals surface area (Å²) in [6, 6.07) is -0.186. The summed E-state index contributed by atoms with van der Waals surface area (Å²) in [6.07, 6.45) is 6.59. The standard InChI is InChI=1S/C20H33N3O3/c1-14-8-5-6-10-20(14)17(25)23(18(26)21-20)13-16(24)22-11-7-9-15(22)12-19(2,3)4/h14-15H,5-13H2,1-4H3,(H,21,26). The first-order chi connectivity index (χ1) is 12.1. The minimum absolute atomic E-state index is 0.0965. The summed E-state index contributed by atoms with van der Waals surface area (Å²) in [5.74, 6) is -0.177. The van der Waals surface area contributed by atoms with E-state index in [1.54, 1.807) is 0 Å². The highest BCUT2D eigenvalue weighted by molar-refractivity contribution is 6.09. The zero-order chi connectivity index (χ0) is 19.1. The number of rotatable bonds is 3. The van der Waals surface area contributed by atoms with Crippen molar-refractivity contribution in [3.05, 3.63) is 0 Å². The number of carbonyl (C=O) groups excluding carboxylic acids is 3. The second-order valence-corrected chi connectivity index (χ2v) is 9.59. The van der Waals surface area contributed by atoms with E-state index in [4.69, 9.17) is 0 Å². The van der Waals surface area contributed by atoms with Gasteiger partial charge in [0.1, 0.15) is 12.1 Å². The molecule has 1 N–H and O–H groups in total. The van der Waals surface area contributed by atoms with Crippen LogP contribution in [0.15, 0.2) is 0 Å². The van der Waals surface area contributed by atoms with Gasteiger partial charge in [0.2, 0.25) is 5.91 Å². The molecule has 3 rings (SSSR count). The summed E-state index contributed by atoms with van der Waals surface area (Å²) in [5, 5.41) is 2.93. The Balaban J connectivity index is 1.69. The highest BCUT2D eigenvalue weighted by Gasteiger charge is 2.55. The molecule has 1 aliphatic carbocycles. The van der Waals surface area contributed by atoms with Gasteiger partial charge in [0.25, 0.3) is 5.91 Å². The van der Waals surface area contributed by atoms with Crippen molar-refractivity contribution in [2.24, 2.45) is 11.3 Å². The van der Waals surface area contributed by atoms with Gasteiger partial charge >= 0.3 is 6.03 Å². The maximum Gasteiger partial charge on any atom is 0.325 e. The van der Waals surface area contributed by atoms with E-state index in [2.05, 4.69) is 26.1 Å². The lowest BCUT2D eigenvalue weighted by molar-refractivity contribution is -0.141. The molecule has 26 heavy (non-hydrogen) atoms. The molecular formula is C20H33N3O3. The maximum atomic E-state index is 13.0. The molecule has 0 aromatic carbocycles. The number of amides is 4. The quantitative estimate of drug-likeness (QED) is 0.784. The van der Waals surface area contributed by atoms with E-state index in [-0.39, 0.29) is 35.7 Å². The first kappa shape index (κ1) is 19.2. The van der Waals surface area contributed by atoms with E-state index in [1.807, 2.05) is 11.8 Å². The Hall–Kier alpha value is -1.59. The number of nitrogens with zero attached hydrogens (tertiary/aromatic N) is 2. The molecule has 4 amide bonds. The van der Waals surface area contributed by atoms with Crippen LogP contribution in [0.5, 0.6) is 0 Å². The van der Waals surface area contributed by atoms with Crippen molar-refractivity contribution >= 4 is 17.8 Å². The molecule has 2 aliphatic heterocycles. The molecule has 3 aliphatic rings. The summed E-state index contributed by atoms with van der Waals surface area (Å²) < 4.78 is 0. The maximum absolute atomic E-state index is 13.0. The summed E-state index contributed by atoms with van der Waals surface area (Å²) in [4.78, 5) is 41.5. The predicted octanol–water partition coefficient (Wildman–Crippen LogP) is 2.91. The topological polar surface area (TPSA) is 69.7 Å². The average molecular weight is 364 g/mol. The first-order valence-corrected chi connectivity index (χ1v) is 10.1. The molecule has 0 bridgehead atoms. The van der Waals surface area contributed by atoms with E-state index in [0.29, 0.717) is 6.42 Å². The summed E-state index contributed by atoms with van der Waals surface area (Å²) in [6.45, 7) is 9.17. The van der Waals surface area contributed by atoms with Crippen LogP contribution >= 0.6 is 0 Å². The highest BCUT2D eigenvalue weighted by atomic mass is 16.2. The monoisotopic (exact) mass is 363 g/mol. The second kappa shape index (κ2) is 6.86. The minimum Gasteiger partial charge on any atom is -0.338 e. The molecule has 3 unspecified atom stereocenters. The third-order valence-electron chi connectivity index (χ3n) is 6.34. The van der Waals surface area contributed by atoms with Crippen molar-refractivity contribution in [1.29, 1.82) is 0 Å². The Morgan fingerprint density at radius 3 is 2.58 bits per heavy atom. The van der Waals surface area contributed by atoms with Crippen LogP contribution in [0.25, 0.3) is 0 Å². The lowest BCUT2D eigenvalue weighted by atomic mass is 9.73. The van der Waals surface area contributed by atoms with Crippen LogP contribution in [-0.4, -0.2) is 52.3 Å². The van der Waals surface area contributed by atoms with Gasteiger partial charge in [0, 0.05) is 12.6 Å². The molecular weight excluding hydrogens is 330 g/mol. The number of hydrogen-bond acceptors (Lipinski definition) is 3. The molecule has 3 atom stereocenters. The van der Waals surface area contributed by atoms with Crippen LogP contribution in [0.1, 0.15) is 72.6 Å². The van der Waals surface area contributed by atoms with Crippen molar-refractivity contribution in [3.63, 3.8) is 0 Å². The van der Waals surface area contributed by atoms with Crippen molar-refractivity contribution in [3.8, 4) is 0 Å². The van der Waals surface area contributed by atoms with Crippen molar-refractivity contribution in [1.82, 2.24) is 15.1 Å². The molecule has 6 heteroatoms. The average Bonchev–Trinajstić information content (AvgIpc) is 3.08. The van der Waals surface area contributed by atoms with Gasteiger partial charge in [-0.15, -0.1) is 0 Å². The van der Waals surface area contributed by atoms with Gasteiger partial charge in [-0.2, -0.15) is 0 Å². The highest BCUT2D eigenvalue weighted by Crippen LogP contribution is 2.38. The second-order valence-electron chi connectivity index (χ2n) is 9.59. The zero-order valence-corrected chi connectivity index (χ0v) is 16.6. The van der Waals surface area contributed by atoms with E-state index >= 15 is 0 Å². The van der Waals surface area contributed by atoms with E-state index in [0.717, 1.165) is 50.0 Å². The lowest BCUT2D eigenvalue weighted by Crippen LogP contribution is -2.54. The van der Waals surface area contributed by atoms with Crippen molar-refractivity contribution < 1.29 is 14.4 Å². The minimum atomic E-state index is -0.786. The Morgan fingerprint density at radius 1 is 1.19 bits per heavy atom. The van der Waals surface area contributed by atoms with Crippen LogP contribution < -0.4 is 5.32 Å². The normalized spacial score (nSPS) is 32.5. The molecule has 2 saturated heterocycles. The molecule has 0 radical (unpaired) electrons. The smallest absolute Gasteiger partial charge is 0.325 e. The largest absolute Gasteiger partial charge is 0.338 e. The van der Waals surface area contributed by atoms with Crippen LogP contribution in [0.3, 0.4) is 0 Å². The Bertz CT molecular complexity index is 598. The van der Waals surface area contributed by atoms with Gasteiger partial charge < -0.3 is 10.2 Å². The van der Waals surface area contributed by atoms with Gasteiger partial charge in [-0.3, -0.25) is 14.5 Å². The van der Waals surface area contributed by atoms with Crippen LogP contribution in [0, 0.1) is 11.3 Å². The number of nitrogens with one attached hydrogen (secondary N) is 1. The Labute approximate surface area is 156 Å². The molecule has 6 nitrogen and oxygen atoms in total. The van der Waals surface area contributed by atoms with Gasteiger partial charge in [-0.1, -0.05) is 40.5 Å². The van der Waals surface area contributed by atoms with Crippen LogP contribution in [-0.2, 0) is 9.59 Å². The third kappa shape index (κ3) is 3.47. The fourth-order valence-corrected chi connectivity index (χ4v) is 4.95. The van der Waals surface area contributed by atoms with E-state index in [1.165, 1.54) is 0 Å². The number of imide groups is 1. The molecule has 0 aromatic heterocycles. The SMILES string of the molecule is CC1CCCCC12NC(=O)N(CC(=O)N1CCCC1CC(C)(C)C)C2=O. The molecule has 1 spiro atoms. The fourth-order valence-electron chi connectivity index (χ4n) is 4.95. The number of urea groups is 1. The zero-order valence-electron chi connectivity index (χ0n) is 16.6. The lowest BCUT2D eigenvalue weighted by Gasteiger charge is -2.37. The first-order valence-electron chi connectivity index (χ1n) is 10.1. The van der Waals surface area contributed by atoms with Crippen molar-refractivity contribution in [2.75, 3.05) is 13.1 Å². The Morgan fingerprint density at radius 2 is 1.92 bits per heavy atom. The van der Waals surface area contributed by atoms with Crippen LogP contribution in [0.2, 0.25) is 0 Å². The fraction of sp³-hybridized carbons (Fsp3) is 0.850. The third-order valence-corrected chi connectivity index (χ3v) is 6.34. The summed E-state index contributed by atoms with van der Waals surface area (Å²) in [5.41, 5.74) is -0.638. The summed E-state index contributed by atoms with van der Waals surface area (Å²) >= 11 is 0. The Kier molecular flexibility index (Phi) is 5.06. The number of carbonyl (C=O) groups is 3.